The average Bonchev–Trinajstić information content (AvgIpc) is 3.34. The predicted octanol–water partition coefficient (Wildman–Crippen LogP) is 5.12. The molecule has 0 fully saturated rings. The molecule has 4 rings (SSSR count). The lowest BCUT2D eigenvalue weighted by atomic mass is 10.0. The van der Waals surface area contributed by atoms with Crippen LogP contribution in [0.4, 0.5) is 11.6 Å². The van der Waals surface area contributed by atoms with Gasteiger partial charge in [0, 0.05) is 34.1 Å². The molecular formula is C24H29N7O2. The Balaban J connectivity index is 1.90. The largest absolute Gasteiger partial charge is 0.496 e. The molecule has 1 aromatic carbocycles. The summed E-state index contributed by atoms with van der Waals surface area (Å²) in [6.45, 7) is 15.2. The first-order chi connectivity index (χ1) is 15.9. The lowest BCUT2D eigenvalue weighted by Gasteiger charge is -2.12. The van der Waals surface area contributed by atoms with Crippen molar-refractivity contribution in [3.05, 3.63) is 41.9 Å². The van der Waals surface area contributed by atoms with Crippen molar-refractivity contribution in [1.82, 2.24) is 24.7 Å². The van der Waals surface area contributed by atoms with Gasteiger partial charge in [-0.3, -0.25) is 0 Å². The number of H-pyrrole nitrogens is 1. The summed E-state index contributed by atoms with van der Waals surface area (Å²) >= 11 is 0. The number of nitrogens with zero attached hydrogens (tertiary/aromatic N) is 5. The summed E-state index contributed by atoms with van der Waals surface area (Å²) in [7, 11) is 1.64. The van der Waals surface area contributed by atoms with Crippen LogP contribution in [0.5, 0.6) is 5.75 Å². The number of ether oxygens (including phenoxy) is 1. The summed E-state index contributed by atoms with van der Waals surface area (Å²) in [4.78, 5) is 18.0. The molecule has 2 N–H and O–H groups in total. The summed E-state index contributed by atoms with van der Waals surface area (Å²) in [6.07, 6.45) is 1.85. The Morgan fingerprint density at radius 3 is 2.73 bits per heavy atom. The third-order valence-electron chi connectivity index (χ3n) is 5.53. The van der Waals surface area contributed by atoms with E-state index in [1.54, 1.807) is 7.11 Å². The number of aromatic nitrogens is 5. The normalized spacial score (nSPS) is 11.9. The molecule has 0 spiro atoms. The number of benzene rings is 1. The van der Waals surface area contributed by atoms with E-state index >= 15 is 0 Å². The number of aromatic amines is 1. The second kappa shape index (κ2) is 8.93. The molecule has 0 saturated heterocycles. The van der Waals surface area contributed by atoms with Crippen molar-refractivity contribution < 1.29 is 9.57 Å². The van der Waals surface area contributed by atoms with Gasteiger partial charge in [0.25, 0.3) is 0 Å². The van der Waals surface area contributed by atoms with E-state index in [2.05, 4.69) is 39.0 Å². The Labute approximate surface area is 192 Å². The minimum Gasteiger partial charge on any atom is -0.496 e. The fourth-order valence-corrected chi connectivity index (χ4v) is 3.84. The molecule has 0 aliphatic rings. The van der Waals surface area contributed by atoms with Crippen LogP contribution in [0.15, 0.2) is 30.1 Å². The smallest absolute Gasteiger partial charge is 0.145 e. The first-order valence-corrected chi connectivity index (χ1v) is 10.9. The Bertz CT molecular complexity index is 1380. The SMILES string of the molecule is C=C(/C(C)=N\OCC)c1cc2[nH]c3nc(C)nc(Nc4c(C)cnn4CC)c3c2cc1OC. The van der Waals surface area contributed by atoms with Crippen LogP contribution in [-0.2, 0) is 11.4 Å². The summed E-state index contributed by atoms with van der Waals surface area (Å²) in [5.74, 6) is 2.96. The summed E-state index contributed by atoms with van der Waals surface area (Å²) < 4.78 is 7.64. The van der Waals surface area contributed by atoms with Gasteiger partial charge in [0.15, 0.2) is 0 Å². The van der Waals surface area contributed by atoms with Gasteiger partial charge in [0.1, 0.15) is 35.5 Å². The summed E-state index contributed by atoms with van der Waals surface area (Å²) in [6, 6.07) is 3.99. The van der Waals surface area contributed by atoms with E-state index in [9.17, 15) is 0 Å². The van der Waals surface area contributed by atoms with Crippen molar-refractivity contribution in [2.75, 3.05) is 19.0 Å². The molecule has 0 amide bonds. The topological polar surface area (TPSA) is 102 Å². The first kappa shape index (κ1) is 22.3. The maximum Gasteiger partial charge on any atom is 0.145 e. The standard InChI is InChI=1S/C24H29N7O2/c1-8-31-24(13(3)12-25-31)29-23-21-18-11-20(32-7)17(14(4)15(5)30-33-9-2)10-19(18)28-22(21)26-16(6)27-23/h10-12H,4,8-9H2,1-3,5-7H3,(H2,26,27,28,29)/b30-15-. The van der Waals surface area contributed by atoms with Crippen LogP contribution in [0.1, 0.15) is 37.7 Å². The van der Waals surface area contributed by atoms with Gasteiger partial charge < -0.3 is 19.9 Å². The van der Waals surface area contributed by atoms with Crippen LogP contribution < -0.4 is 10.1 Å². The van der Waals surface area contributed by atoms with Gasteiger partial charge in [-0.15, -0.1) is 0 Å². The molecule has 0 unspecified atom stereocenters. The van der Waals surface area contributed by atoms with Crippen molar-refractivity contribution in [2.24, 2.45) is 5.16 Å². The molecule has 4 aromatic rings. The van der Waals surface area contributed by atoms with Crippen LogP contribution in [0.3, 0.4) is 0 Å². The Morgan fingerprint density at radius 2 is 2.03 bits per heavy atom. The fraction of sp³-hybridized carbons (Fsp3) is 0.333. The van der Waals surface area contributed by atoms with Crippen molar-refractivity contribution in [1.29, 1.82) is 0 Å². The lowest BCUT2D eigenvalue weighted by Crippen LogP contribution is -2.06. The zero-order chi connectivity index (χ0) is 23.7. The molecule has 3 aromatic heterocycles. The highest BCUT2D eigenvalue weighted by atomic mass is 16.6. The highest BCUT2D eigenvalue weighted by Crippen LogP contribution is 2.37. The number of methoxy groups -OCH3 is 1. The second-order valence-electron chi connectivity index (χ2n) is 7.76. The van der Waals surface area contributed by atoms with E-state index < -0.39 is 0 Å². The first-order valence-electron chi connectivity index (χ1n) is 10.9. The van der Waals surface area contributed by atoms with Crippen LogP contribution in [-0.4, -0.2) is 44.2 Å². The van der Waals surface area contributed by atoms with E-state index in [-0.39, 0.29) is 0 Å². The Morgan fingerprint density at radius 1 is 1.24 bits per heavy atom. The highest BCUT2D eigenvalue weighted by Gasteiger charge is 2.19. The predicted molar refractivity (Wildman–Crippen MR) is 132 cm³/mol. The van der Waals surface area contributed by atoms with Crippen LogP contribution in [0.25, 0.3) is 27.5 Å². The summed E-state index contributed by atoms with van der Waals surface area (Å²) in [5, 5.41) is 13.9. The molecular weight excluding hydrogens is 418 g/mol. The van der Waals surface area contributed by atoms with E-state index in [0.717, 1.165) is 51.0 Å². The zero-order valence-corrected chi connectivity index (χ0v) is 19.9. The van der Waals surface area contributed by atoms with Gasteiger partial charge in [0.05, 0.1) is 24.4 Å². The third-order valence-corrected chi connectivity index (χ3v) is 5.53. The van der Waals surface area contributed by atoms with Crippen molar-refractivity contribution in [3.8, 4) is 5.75 Å². The lowest BCUT2D eigenvalue weighted by molar-refractivity contribution is 0.159. The van der Waals surface area contributed by atoms with E-state index in [1.807, 2.05) is 50.7 Å². The maximum atomic E-state index is 5.73. The van der Waals surface area contributed by atoms with Crippen LogP contribution >= 0.6 is 0 Å². The number of oxime groups is 1. The second-order valence-corrected chi connectivity index (χ2v) is 7.76. The van der Waals surface area contributed by atoms with Gasteiger partial charge >= 0.3 is 0 Å². The molecule has 9 nitrogen and oxygen atoms in total. The van der Waals surface area contributed by atoms with E-state index in [0.29, 0.717) is 29.7 Å². The maximum absolute atomic E-state index is 5.73. The van der Waals surface area contributed by atoms with Crippen LogP contribution in [0, 0.1) is 13.8 Å². The zero-order valence-electron chi connectivity index (χ0n) is 19.9. The average molecular weight is 448 g/mol. The molecule has 0 bridgehead atoms. The summed E-state index contributed by atoms with van der Waals surface area (Å²) in [5.41, 5.74) is 4.92. The van der Waals surface area contributed by atoms with Gasteiger partial charge in [-0.05, 0) is 46.8 Å². The van der Waals surface area contributed by atoms with Crippen molar-refractivity contribution in [3.63, 3.8) is 0 Å². The number of rotatable bonds is 8. The number of allylic oxidation sites excluding steroid dienone is 1. The molecule has 9 heteroatoms. The molecule has 0 aliphatic heterocycles. The molecule has 33 heavy (non-hydrogen) atoms. The van der Waals surface area contributed by atoms with Gasteiger partial charge in [0.2, 0.25) is 0 Å². The molecule has 0 saturated carbocycles. The Kier molecular flexibility index (Phi) is 6.04. The van der Waals surface area contributed by atoms with E-state index in [4.69, 9.17) is 14.6 Å². The highest BCUT2D eigenvalue weighted by molar-refractivity contribution is 6.23. The number of nitrogens with one attached hydrogen (secondary N) is 2. The number of hydrogen-bond donors (Lipinski definition) is 2. The fourth-order valence-electron chi connectivity index (χ4n) is 3.84. The minimum absolute atomic E-state index is 0.493. The monoisotopic (exact) mass is 447 g/mol. The van der Waals surface area contributed by atoms with Gasteiger partial charge in [-0.1, -0.05) is 11.7 Å². The quantitative estimate of drug-likeness (QED) is 0.287. The number of anilines is 2. The molecule has 0 radical (unpaired) electrons. The molecule has 0 aliphatic carbocycles. The third kappa shape index (κ3) is 4.02. The minimum atomic E-state index is 0.493. The molecule has 172 valence electrons. The number of fused-ring (bicyclic) bond motifs is 3. The van der Waals surface area contributed by atoms with Gasteiger partial charge in [-0.25, -0.2) is 14.6 Å². The van der Waals surface area contributed by atoms with E-state index in [1.165, 1.54) is 0 Å². The van der Waals surface area contributed by atoms with Crippen LogP contribution in [0.2, 0.25) is 0 Å². The number of hydrogen-bond acceptors (Lipinski definition) is 7. The van der Waals surface area contributed by atoms with Crippen molar-refractivity contribution in [2.45, 2.75) is 41.2 Å². The number of aryl methyl sites for hydroxylation is 3. The molecule has 3 heterocycles. The van der Waals surface area contributed by atoms with Crippen molar-refractivity contribution >= 4 is 44.9 Å². The Hall–Kier alpha value is -3.88. The molecule has 0 atom stereocenters. The van der Waals surface area contributed by atoms with Gasteiger partial charge in [-0.2, -0.15) is 5.10 Å².